The Bertz CT molecular complexity index is 141. The van der Waals surface area contributed by atoms with Crippen LogP contribution in [0.4, 0.5) is 4.79 Å². The summed E-state index contributed by atoms with van der Waals surface area (Å²) >= 11 is 0. The van der Waals surface area contributed by atoms with Crippen LogP contribution >= 0.6 is 0 Å². The number of carbonyl (C=O) groups excluding carboxylic acids is 1. The molecule has 0 fully saturated rings. The zero-order valence-corrected chi connectivity index (χ0v) is 6.75. The molecule has 0 aromatic carbocycles. The van der Waals surface area contributed by atoms with Crippen LogP contribution in [0.1, 0.15) is 13.8 Å². The molecular weight excluding hydrogens is 148 g/mol. The van der Waals surface area contributed by atoms with E-state index in [-0.39, 0.29) is 13.2 Å². The van der Waals surface area contributed by atoms with E-state index < -0.39 is 6.16 Å². The second-order valence-electron chi connectivity index (χ2n) is 1.99. The van der Waals surface area contributed by atoms with Crippen LogP contribution in [-0.4, -0.2) is 19.4 Å². The van der Waals surface area contributed by atoms with E-state index in [1.54, 1.807) is 13.8 Å². The van der Waals surface area contributed by atoms with Gasteiger partial charge in [0.05, 0.1) is 6.61 Å². The van der Waals surface area contributed by atoms with E-state index in [2.05, 4.69) is 21.1 Å². The van der Waals surface area contributed by atoms with Crippen molar-refractivity contribution in [2.24, 2.45) is 0 Å². The minimum Gasteiger partial charge on any atom is -0.433 e. The monoisotopic (exact) mass is 160 g/mol. The smallest absolute Gasteiger partial charge is 0.433 e. The molecule has 0 amide bonds. The lowest BCUT2D eigenvalue weighted by Gasteiger charge is -2.01. The fourth-order valence-corrected chi connectivity index (χ4v) is 0.320. The lowest BCUT2D eigenvalue weighted by molar-refractivity contribution is -0.247. The molecule has 4 heteroatoms. The summed E-state index contributed by atoms with van der Waals surface area (Å²) in [6.45, 7) is 7.45. The maximum Gasteiger partial charge on any atom is 0.540 e. The molecule has 4 nitrogen and oxygen atoms in total. The van der Waals surface area contributed by atoms with Crippen molar-refractivity contribution in [3.8, 4) is 0 Å². The first kappa shape index (κ1) is 9.97. The van der Waals surface area contributed by atoms with Crippen molar-refractivity contribution in [2.45, 2.75) is 13.8 Å². The number of carbonyl (C=O) groups is 1. The first-order valence-corrected chi connectivity index (χ1v) is 3.27. The highest BCUT2D eigenvalue weighted by molar-refractivity contribution is 5.58. The number of hydrogen-bond donors (Lipinski definition) is 0. The summed E-state index contributed by atoms with van der Waals surface area (Å²) < 4.78 is 4.41. The van der Waals surface area contributed by atoms with Gasteiger partial charge in [0.1, 0.15) is 6.61 Å². The van der Waals surface area contributed by atoms with Gasteiger partial charge in [0, 0.05) is 0 Å². The highest BCUT2D eigenvalue weighted by atomic mass is 17.2. The van der Waals surface area contributed by atoms with Crippen LogP contribution in [0.2, 0.25) is 0 Å². The highest BCUT2D eigenvalue weighted by Crippen LogP contribution is 1.91. The van der Waals surface area contributed by atoms with Crippen molar-refractivity contribution in [3.63, 3.8) is 0 Å². The molecule has 64 valence electrons. The number of rotatable bonds is 4. The van der Waals surface area contributed by atoms with Gasteiger partial charge in [-0.3, -0.25) is 4.89 Å². The van der Waals surface area contributed by atoms with E-state index in [4.69, 9.17) is 0 Å². The van der Waals surface area contributed by atoms with Crippen molar-refractivity contribution in [2.75, 3.05) is 13.2 Å². The normalized spacial score (nSPS) is 8.91. The minimum atomic E-state index is -0.825. The molecule has 11 heavy (non-hydrogen) atoms. The lowest BCUT2D eigenvalue weighted by Crippen LogP contribution is -2.08. The van der Waals surface area contributed by atoms with Crippen LogP contribution < -0.4 is 0 Å². The van der Waals surface area contributed by atoms with Crippen molar-refractivity contribution in [1.82, 2.24) is 0 Å². The average molecular weight is 160 g/mol. The Morgan fingerprint density at radius 3 is 2.64 bits per heavy atom. The predicted molar refractivity (Wildman–Crippen MR) is 38.9 cm³/mol. The lowest BCUT2D eigenvalue weighted by atomic mass is 10.4. The third kappa shape index (κ3) is 6.86. The Kier molecular flexibility index (Phi) is 5.20. The molecular formula is C7H12O4. The Labute approximate surface area is 65.7 Å². The van der Waals surface area contributed by atoms with Crippen molar-refractivity contribution in [3.05, 3.63) is 12.2 Å². The Hall–Kier alpha value is -1.03. The predicted octanol–water partition coefficient (Wildman–Crippen LogP) is 1.67. The van der Waals surface area contributed by atoms with E-state index in [0.717, 1.165) is 5.57 Å². The van der Waals surface area contributed by atoms with Gasteiger partial charge < -0.3 is 4.74 Å². The minimum absolute atomic E-state index is 0.193. The summed E-state index contributed by atoms with van der Waals surface area (Å²) in [5.41, 5.74) is 0.772. The zero-order valence-electron chi connectivity index (χ0n) is 6.75. The molecule has 0 aliphatic rings. The third-order valence-corrected chi connectivity index (χ3v) is 0.694. The summed E-state index contributed by atoms with van der Waals surface area (Å²) in [6, 6.07) is 0. The summed E-state index contributed by atoms with van der Waals surface area (Å²) in [6.07, 6.45) is -0.825. The van der Waals surface area contributed by atoms with Crippen molar-refractivity contribution in [1.29, 1.82) is 0 Å². The molecule has 0 bridgehead atoms. The molecule has 0 aromatic rings. The molecule has 0 N–H and O–H groups in total. The van der Waals surface area contributed by atoms with Gasteiger partial charge in [-0.1, -0.05) is 12.2 Å². The first-order valence-electron chi connectivity index (χ1n) is 3.27. The van der Waals surface area contributed by atoms with Crippen molar-refractivity contribution < 1.29 is 19.3 Å². The molecule has 0 saturated heterocycles. The Morgan fingerprint density at radius 2 is 2.18 bits per heavy atom. The standard InChI is InChI=1S/C7H12O4/c1-4-9-7(8)11-10-5-6(2)3/h2,4-5H2,1,3H3. The van der Waals surface area contributed by atoms with Crippen LogP contribution in [-0.2, 0) is 14.5 Å². The molecule has 0 radical (unpaired) electrons. The van der Waals surface area contributed by atoms with Gasteiger partial charge in [-0.25, -0.2) is 4.79 Å². The van der Waals surface area contributed by atoms with E-state index in [1.807, 2.05) is 0 Å². The van der Waals surface area contributed by atoms with Gasteiger partial charge in [-0.15, -0.1) is 0 Å². The highest BCUT2D eigenvalue weighted by Gasteiger charge is 2.01. The number of hydrogen-bond acceptors (Lipinski definition) is 4. The van der Waals surface area contributed by atoms with Crippen LogP contribution in [0.15, 0.2) is 12.2 Å². The van der Waals surface area contributed by atoms with Gasteiger partial charge >= 0.3 is 6.16 Å². The van der Waals surface area contributed by atoms with Crippen LogP contribution in [0.5, 0.6) is 0 Å². The topological polar surface area (TPSA) is 44.8 Å². The van der Waals surface area contributed by atoms with E-state index in [1.165, 1.54) is 0 Å². The second-order valence-corrected chi connectivity index (χ2v) is 1.99. The molecule has 0 atom stereocenters. The largest absolute Gasteiger partial charge is 0.540 e. The number of ether oxygens (including phenoxy) is 1. The van der Waals surface area contributed by atoms with Crippen molar-refractivity contribution >= 4 is 6.16 Å². The summed E-state index contributed by atoms with van der Waals surface area (Å²) in [7, 11) is 0. The van der Waals surface area contributed by atoms with Gasteiger partial charge in [-0.05, 0) is 13.8 Å². The fourth-order valence-electron chi connectivity index (χ4n) is 0.320. The van der Waals surface area contributed by atoms with Crippen LogP contribution in [0, 0.1) is 0 Å². The van der Waals surface area contributed by atoms with Gasteiger partial charge in [-0.2, -0.15) is 4.89 Å². The Morgan fingerprint density at radius 1 is 1.55 bits per heavy atom. The Balaban J connectivity index is 3.24. The van der Waals surface area contributed by atoms with Gasteiger partial charge in [0.15, 0.2) is 0 Å². The quantitative estimate of drug-likeness (QED) is 0.271. The second kappa shape index (κ2) is 5.73. The molecule has 0 unspecified atom stereocenters. The third-order valence-electron chi connectivity index (χ3n) is 0.694. The molecule has 0 saturated carbocycles. The van der Waals surface area contributed by atoms with Gasteiger partial charge in [0.25, 0.3) is 0 Å². The molecule has 0 spiro atoms. The SMILES string of the molecule is C=C(C)COOC(=O)OCC. The molecule has 0 rings (SSSR count). The first-order chi connectivity index (χ1) is 5.16. The molecule has 0 heterocycles. The summed E-state index contributed by atoms with van der Waals surface area (Å²) in [4.78, 5) is 19.0. The van der Waals surface area contributed by atoms with Crippen LogP contribution in [0.25, 0.3) is 0 Å². The van der Waals surface area contributed by atoms with E-state index in [9.17, 15) is 4.79 Å². The van der Waals surface area contributed by atoms with E-state index >= 15 is 0 Å². The summed E-state index contributed by atoms with van der Waals surface area (Å²) in [5, 5.41) is 0. The van der Waals surface area contributed by atoms with Gasteiger partial charge in [0.2, 0.25) is 0 Å². The fraction of sp³-hybridized carbons (Fsp3) is 0.571. The van der Waals surface area contributed by atoms with E-state index in [0.29, 0.717) is 0 Å². The zero-order chi connectivity index (χ0) is 8.69. The molecule has 0 aromatic heterocycles. The molecule has 0 aliphatic heterocycles. The van der Waals surface area contributed by atoms with Crippen LogP contribution in [0.3, 0.4) is 0 Å². The maximum atomic E-state index is 10.4. The molecule has 0 aliphatic carbocycles. The summed E-state index contributed by atoms with van der Waals surface area (Å²) in [5.74, 6) is 0. The maximum absolute atomic E-state index is 10.4. The average Bonchev–Trinajstić information content (AvgIpc) is 1.87.